The van der Waals surface area contributed by atoms with Crippen LogP contribution in [0, 0.1) is 0 Å². The largest absolute Gasteiger partial charge is 0.394 e. The lowest BCUT2D eigenvalue weighted by Gasteiger charge is -2.23. The quantitative estimate of drug-likeness (QED) is 0.356. The molecule has 5 heteroatoms. The number of hydrogen-bond acceptors (Lipinski definition) is 5. The fraction of sp³-hybridized carbons (Fsp3) is 0.889. The second kappa shape index (κ2) is 12.9. The number of unbranched alkanes of at least 4 members (excludes halogenated alkanes) is 7. The van der Waals surface area contributed by atoms with Crippen LogP contribution in [0.5, 0.6) is 0 Å². The van der Waals surface area contributed by atoms with Crippen LogP contribution in [0.1, 0.15) is 58.3 Å². The van der Waals surface area contributed by atoms with Crippen molar-refractivity contribution < 1.29 is 24.8 Å². The monoisotopic (exact) mass is 330 g/mol. The number of rotatable bonds is 13. The summed E-state index contributed by atoms with van der Waals surface area (Å²) in [4.78, 5) is 0. The van der Waals surface area contributed by atoms with E-state index >= 15 is 0 Å². The SMILES string of the molecule is CCCCCCCCC/C=C/CO[C@@H]1[C@H]([C@H](O)CO)OC[C@@H]1O. The fourth-order valence-electron chi connectivity index (χ4n) is 2.83. The minimum atomic E-state index is -1.02. The fourth-order valence-corrected chi connectivity index (χ4v) is 2.83. The van der Waals surface area contributed by atoms with E-state index in [4.69, 9.17) is 14.6 Å². The van der Waals surface area contributed by atoms with Gasteiger partial charge in [-0.3, -0.25) is 0 Å². The highest BCUT2D eigenvalue weighted by molar-refractivity contribution is 4.90. The van der Waals surface area contributed by atoms with Crippen molar-refractivity contribution in [3.63, 3.8) is 0 Å². The zero-order chi connectivity index (χ0) is 16.9. The van der Waals surface area contributed by atoms with Crippen LogP contribution in [0.2, 0.25) is 0 Å². The van der Waals surface area contributed by atoms with Gasteiger partial charge in [0.05, 0.1) is 19.8 Å². The molecular weight excluding hydrogens is 296 g/mol. The van der Waals surface area contributed by atoms with Gasteiger partial charge in [-0.05, 0) is 12.8 Å². The summed E-state index contributed by atoms with van der Waals surface area (Å²) in [6.07, 6.45) is 11.2. The van der Waals surface area contributed by atoms with Crippen LogP contribution < -0.4 is 0 Å². The molecule has 1 aliphatic heterocycles. The van der Waals surface area contributed by atoms with E-state index in [1.54, 1.807) is 0 Å². The molecular formula is C18H34O5. The number of aliphatic hydroxyl groups is 3. The van der Waals surface area contributed by atoms with Gasteiger partial charge in [0.2, 0.25) is 0 Å². The summed E-state index contributed by atoms with van der Waals surface area (Å²) in [5.41, 5.74) is 0. The predicted molar refractivity (Wildman–Crippen MR) is 90.3 cm³/mol. The molecule has 0 spiro atoms. The molecule has 0 aromatic heterocycles. The van der Waals surface area contributed by atoms with Gasteiger partial charge in [0.25, 0.3) is 0 Å². The lowest BCUT2D eigenvalue weighted by atomic mass is 10.1. The Morgan fingerprint density at radius 2 is 1.83 bits per heavy atom. The van der Waals surface area contributed by atoms with E-state index in [0.717, 1.165) is 6.42 Å². The molecule has 1 saturated heterocycles. The van der Waals surface area contributed by atoms with Crippen LogP contribution in [-0.4, -0.2) is 59.6 Å². The second-order valence-corrected chi connectivity index (χ2v) is 6.29. The first-order valence-electron chi connectivity index (χ1n) is 9.05. The minimum absolute atomic E-state index is 0.133. The van der Waals surface area contributed by atoms with E-state index in [1.807, 2.05) is 6.08 Å². The van der Waals surface area contributed by atoms with Crippen molar-refractivity contribution in [1.82, 2.24) is 0 Å². The van der Waals surface area contributed by atoms with Crippen molar-refractivity contribution in [3.05, 3.63) is 12.2 Å². The smallest absolute Gasteiger partial charge is 0.115 e. The minimum Gasteiger partial charge on any atom is -0.394 e. The molecule has 136 valence electrons. The highest BCUT2D eigenvalue weighted by atomic mass is 16.6. The van der Waals surface area contributed by atoms with Crippen molar-refractivity contribution in [2.24, 2.45) is 0 Å². The van der Waals surface area contributed by atoms with Crippen molar-refractivity contribution in [1.29, 1.82) is 0 Å². The van der Waals surface area contributed by atoms with Gasteiger partial charge in [-0.2, -0.15) is 0 Å². The van der Waals surface area contributed by atoms with E-state index in [9.17, 15) is 10.2 Å². The normalized spacial score (nSPS) is 26.2. The maximum absolute atomic E-state index is 9.80. The lowest BCUT2D eigenvalue weighted by molar-refractivity contribution is -0.0879. The van der Waals surface area contributed by atoms with Crippen LogP contribution in [0.25, 0.3) is 0 Å². The van der Waals surface area contributed by atoms with Gasteiger partial charge in [-0.25, -0.2) is 0 Å². The molecule has 1 heterocycles. The van der Waals surface area contributed by atoms with E-state index < -0.39 is 31.0 Å². The molecule has 0 amide bonds. The molecule has 1 rings (SSSR count). The average molecular weight is 330 g/mol. The van der Waals surface area contributed by atoms with Gasteiger partial charge in [0.15, 0.2) is 0 Å². The molecule has 0 unspecified atom stereocenters. The Balaban J connectivity index is 2.06. The first-order valence-corrected chi connectivity index (χ1v) is 9.05. The van der Waals surface area contributed by atoms with Crippen LogP contribution in [0.3, 0.4) is 0 Å². The predicted octanol–water partition coefficient (Wildman–Crippen LogP) is 2.18. The summed E-state index contributed by atoms with van der Waals surface area (Å²) in [6.45, 7) is 2.35. The van der Waals surface area contributed by atoms with Crippen LogP contribution >= 0.6 is 0 Å². The van der Waals surface area contributed by atoms with Gasteiger partial charge >= 0.3 is 0 Å². The summed E-state index contributed by atoms with van der Waals surface area (Å²) in [5.74, 6) is 0. The molecule has 0 saturated carbocycles. The number of allylic oxidation sites excluding steroid dienone is 1. The molecule has 1 fully saturated rings. The summed E-state index contributed by atoms with van der Waals surface area (Å²) in [5, 5.41) is 28.4. The summed E-state index contributed by atoms with van der Waals surface area (Å²) >= 11 is 0. The number of ether oxygens (including phenoxy) is 2. The zero-order valence-electron chi connectivity index (χ0n) is 14.4. The molecule has 0 aromatic carbocycles. The Morgan fingerprint density at radius 1 is 1.13 bits per heavy atom. The molecule has 0 aliphatic carbocycles. The van der Waals surface area contributed by atoms with Crippen LogP contribution in [-0.2, 0) is 9.47 Å². The van der Waals surface area contributed by atoms with Crippen molar-refractivity contribution in [3.8, 4) is 0 Å². The third-order valence-electron chi connectivity index (χ3n) is 4.25. The molecule has 5 nitrogen and oxygen atoms in total. The third kappa shape index (κ3) is 8.27. The standard InChI is InChI=1S/C18H34O5/c1-2-3-4-5-6-7-8-9-10-11-12-22-18-16(21)14-23-17(18)15(20)13-19/h10-11,15-21H,2-9,12-14H2,1H3/b11-10+/t15-,16+,17+,18+/m1/s1. The van der Waals surface area contributed by atoms with Crippen molar-refractivity contribution in [2.75, 3.05) is 19.8 Å². The molecule has 1 aliphatic rings. The molecule has 4 atom stereocenters. The zero-order valence-corrected chi connectivity index (χ0v) is 14.4. The van der Waals surface area contributed by atoms with Gasteiger partial charge in [0, 0.05) is 0 Å². The van der Waals surface area contributed by atoms with E-state index in [2.05, 4.69) is 13.0 Å². The summed E-state index contributed by atoms with van der Waals surface area (Å²) in [6, 6.07) is 0. The molecule has 3 N–H and O–H groups in total. The van der Waals surface area contributed by atoms with Crippen LogP contribution in [0.4, 0.5) is 0 Å². The Morgan fingerprint density at radius 3 is 2.52 bits per heavy atom. The molecule has 0 bridgehead atoms. The number of aliphatic hydroxyl groups excluding tert-OH is 3. The molecule has 0 aromatic rings. The first kappa shape index (κ1) is 20.6. The second-order valence-electron chi connectivity index (χ2n) is 6.29. The van der Waals surface area contributed by atoms with E-state index in [-0.39, 0.29) is 6.61 Å². The van der Waals surface area contributed by atoms with E-state index in [1.165, 1.54) is 44.9 Å². The van der Waals surface area contributed by atoms with Gasteiger partial charge < -0.3 is 24.8 Å². The van der Waals surface area contributed by atoms with Crippen LogP contribution in [0.15, 0.2) is 12.2 Å². The summed E-state index contributed by atoms with van der Waals surface area (Å²) in [7, 11) is 0. The Hall–Kier alpha value is -0.460. The first-order chi connectivity index (χ1) is 11.2. The van der Waals surface area contributed by atoms with Gasteiger partial charge in [0.1, 0.15) is 24.4 Å². The maximum Gasteiger partial charge on any atom is 0.115 e. The average Bonchev–Trinajstić information content (AvgIpc) is 2.93. The Labute approximate surface area is 140 Å². The molecule has 0 radical (unpaired) electrons. The topological polar surface area (TPSA) is 79.2 Å². The number of hydrogen-bond donors (Lipinski definition) is 3. The molecule has 23 heavy (non-hydrogen) atoms. The Bertz CT molecular complexity index is 308. The highest BCUT2D eigenvalue weighted by Gasteiger charge is 2.40. The van der Waals surface area contributed by atoms with Crippen molar-refractivity contribution in [2.45, 2.75) is 82.7 Å². The van der Waals surface area contributed by atoms with Crippen molar-refractivity contribution >= 4 is 0 Å². The van der Waals surface area contributed by atoms with Gasteiger partial charge in [-0.15, -0.1) is 0 Å². The third-order valence-corrected chi connectivity index (χ3v) is 4.25. The summed E-state index contributed by atoms with van der Waals surface area (Å²) < 4.78 is 10.9. The van der Waals surface area contributed by atoms with Gasteiger partial charge in [-0.1, -0.05) is 57.6 Å². The van der Waals surface area contributed by atoms with E-state index in [0.29, 0.717) is 6.61 Å². The highest BCUT2D eigenvalue weighted by Crippen LogP contribution is 2.21. The lowest BCUT2D eigenvalue weighted by Crippen LogP contribution is -2.42. The Kier molecular flexibility index (Phi) is 11.5. The maximum atomic E-state index is 9.80.